The van der Waals surface area contributed by atoms with E-state index in [0.29, 0.717) is 29.7 Å². The SMILES string of the molecule is CCCCC(CC)COCC(O)COc1ccc(-c2ncn[nH]2)c(O)c1. The molecule has 26 heavy (non-hydrogen) atoms. The molecule has 2 rings (SSSR count). The second-order valence-corrected chi connectivity index (χ2v) is 6.43. The molecule has 0 fully saturated rings. The molecule has 0 radical (unpaired) electrons. The highest BCUT2D eigenvalue weighted by Gasteiger charge is 2.12. The molecule has 0 saturated heterocycles. The van der Waals surface area contributed by atoms with Crippen molar-refractivity contribution in [2.75, 3.05) is 19.8 Å². The second-order valence-electron chi connectivity index (χ2n) is 6.43. The van der Waals surface area contributed by atoms with Gasteiger partial charge in [0.05, 0.1) is 12.2 Å². The summed E-state index contributed by atoms with van der Waals surface area (Å²) in [7, 11) is 0. The maximum absolute atomic E-state index is 10.1. The lowest BCUT2D eigenvalue weighted by Crippen LogP contribution is -2.25. The minimum atomic E-state index is -0.713. The molecule has 2 atom stereocenters. The molecule has 144 valence electrons. The van der Waals surface area contributed by atoms with Crippen LogP contribution in [-0.2, 0) is 4.74 Å². The monoisotopic (exact) mass is 363 g/mol. The first-order valence-corrected chi connectivity index (χ1v) is 9.21. The Hall–Kier alpha value is -2.12. The van der Waals surface area contributed by atoms with E-state index in [1.165, 1.54) is 25.2 Å². The first kappa shape index (κ1) is 20.2. The normalized spacial score (nSPS) is 13.5. The van der Waals surface area contributed by atoms with E-state index in [4.69, 9.17) is 9.47 Å². The third kappa shape index (κ3) is 6.31. The average Bonchev–Trinajstić information content (AvgIpc) is 3.17. The summed E-state index contributed by atoms with van der Waals surface area (Å²) in [6.45, 7) is 5.36. The number of hydrogen-bond acceptors (Lipinski definition) is 6. The number of benzene rings is 1. The van der Waals surface area contributed by atoms with E-state index < -0.39 is 6.10 Å². The van der Waals surface area contributed by atoms with Gasteiger partial charge < -0.3 is 19.7 Å². The maximum Gasteiger partial charge on any atom is 0.159 e. The van der Waals surface area contributed by atoms with Gasteiger partial charge in [0.1, 0.15) is 30.5 Å². The van der Waals surface area contributed by atoms with E-state index >= 15 is 0 Å². The number of unbranched alkanes of at least 4 members (excludes halogenated alkanes) is 1. The smallest absolute Gasteiger partial charge is 0.159 e. The maximum atomic E-state index is 10.1. The Morgan fingerprint density at radius 1 is 1.19 bits per heavy atom. The lowest BCUT2D eigenvalue weighted by atomic mass is 10.0. The predicted molar refractivity (Wildman–Crippen MR) is 99.1 cm³/mol. The van der Waals surface area contributed by atoms with Crippen LogP contribution in [0.25, 0.3) is 11.4 Å². The number of nitrogens with zero attached hydrogens (tertiary/aromatic N) is 2. The largest absolute Gasteiger partial charge is 0.507 e. The molecular weight excluding hydrogens is 334 g/mol. The fraction of sp³-hybridized carbons (Fsp3) is 0.579. The minimum absolute atomic E-state index is 0.0340. The van der Waals surface area contributed by atoms with E-state index in [9.17, 15) is 10.2 Å². The van der Waals surface area contributed by atoms with E-state index in [1.807, 2.05) is 0 Å². The van der Waals surface area contributed by atoms with E-state index in [2.05, 4.69) is 29.0 Å². The first-order valence-electron chi connectivity index (χ1n) is 9.21. The van der Waals surface area contributed by atoms with Crippen LogP contribution in [-0.4, -0.2) is 51.3 Å². The zero-order valence-corrected chi connectivity index (χ0v) is 15.5. The molecule has 1 aromatic carbocycles. The number of H-pyrrole nitrogens is 1. The van der Waals surface area contributed by atoms with Gasteiger partial charge in [0.25, 0.3) is 0 Å². The Morgan fingerprint density at radius 3 is 2.69 bits per heavy atom. The number of aromatic amines is 1. The third-order valence-electron chi connectivity index (χ3n) is 4.29. The number of rotatable bonds is 12. The lowest BCUT2D eigenvalue weighted by Gasteiger charge is -2.17. The molecule has 0 aliphatic rings. The quantitative estimate of drug-likeness (QED) is 0.535. The van der Waals surface area contributed by atoms with Gasteiger partial charge in [0, 0.05) is 12.7 Å². The van der Waals surface area contributed by atoms with Gasteiger partial charge >= 0.3 is 0 Å². The highest BCUT2D eigenvalue weighted by molar-refractivity contribution is 5.64. The number of ether oxygens (including phenoxy) is 2. The highest BCUT2D eigenvalue weighted by Crippen LogP contribution is 2.30. The summed E-state index contributed by atoms with van der Waals surface area (Å²) < 4.78 is 11.2. The molecule has 0 aliphatic heterocycles. The van der Waals surface area contributed by atoms with Gasteiger partial charge in [-0.2, -0.15) is 5.10 Å². The Kier molecular flexibility index (Phi) is 8.37. The summed E-state index contributed by atoms with van der Waals surface area (Å²) in [5, 5.41) is 26.5. The molecule has 0 bridgehead atoms. The Balaban J connectivity index is 1.73. The van der Waals surface area contributed by atoms with Crippen LogP contribution in [0.15, 0.2) is 24.5 Å². The summed E-state index contributed by atoms with van der Waals surface area (Å²) in [4.78, 5) is 4.00. The van der Waals surface area contributed by atoms with Crippen molar-refractivity contribution < 1.29 is 19.7 Å². The number of aromatic hydroxyl groups is 1. The van der Waals surface area contributed by atoms with Crippen LogP contribution in [0.5, 0.6) is 11.5 Å². The molecule has 0 aliphatic carbocycles. The molecule has 1 aromatic heterocycles. The molecular formula is C19H29N3O4. The molecule has 7 heteroatoms. The van der Waals surface area contributed by atoms with Crippen LogP contribution in [0.3, 0.4) is 0 Å². The Bertz CT molecular complexity index is 634. The van der Waals surface area contributed by atoms with Crippen LogP contribution < -0.4 is 4.74 Å². The van der Waals surface area contributed by atoms with Gasteiger partial charge in [-0.15, -0.1) is 0 Å². The molecule has 2 aromatic rings. The predicted octanol–water partition coefficient (Wildman–Crippen LogP) is 3.15. The number of aromatic nitrogens is 3. The van der Waals surface area contributed by atoms with E-state index in [1.54, 1.807) is 12.1 Å². The average molecular weight is 363 g/mol. The Morgan fingerprint density at radius 2 is 2.04 bits per heavy atom. The molecule has 7 nitrogen and oxygen atoms in total. The summed E-state index contributed by atoms with van der Waals surface area (Å²) in [6, 6.07) is 4.89. The van der Waals surface area contributed by atoms with Crippen LogP contribution in [0.4, 0.5) is 0 Å². The molecule has 2 unspecified atom stereocenters. The Labute approximate surface area is 154 Å². The second kappa shape index (κ2) is 10.8. The van der Waals surface area contributed by atoms with Crippen molar-refractivity contribution in [2.45, 2.75) is 45.6 Å². The van der Waals surface area contributed by atoms with Gasteiger partial charge in [-0.3, -0.25) is 5.10 Å². The van der Waals surface area contributed by atoms with Crippen molar-refractivity contribution >= 4 is 0 Å². The van der Waals surface area contributed by atoms with Gasteiger partial charge in [-0.1, -0.05) is 33.1 Å². The van der Waals surface area contributed by atoms with Crippen molar-refractivity contribution in [3.8, 4) is 22.9 Å². The third-order valence-corrected chi connectivity index (χ3v) is 4.29. The lowest BCUT2D eigenvalue weighted by molar-refractivity contribution is -0.00111. The number of aliphatic hydroxyl groups is 1. The fourth-order valence-electron chi connectivity index (χ4n) is 2.65. The number of hydrogen-bond donors (Lipinski definition) is 3. The summed E-state index contributed by atoms with van der Waals surface area (Å²) in [6.07, 6.45) is 5.31. The fourth-order valence-corrected chi connectivity index (χ4v) is 2.65. The van der Waals surface area contributed by atoms with E-state index in [0.717, 1.165) is 12.8 Å². The molecule has 1 heterocycles. The molecule has 0 spiro atoms. The number of phenolic OH excluding ortho intramolecular Hbond substituents is 1. The van der Waals surface area contributed by atoms with Gasteiger partial charge in [0.2, 0.25) is 0 Å². The van der Waals surface area contributed by atoms with Crippen molar-refractivity contribution in [3.05, 3.63) is 24.5 Å². The first-order chi connectivity index (χ1) is 12.6. The topological polar surface area (TPSA) is 100 Å². The molecule has 3 N–H and O–H groups in total. The van der Waals surface area contributed by atoms with Crippen molar-refractivity contribution in [1.29, 1.82) is 0 Å². The van der Waals surface area contributed by atoms with Gasteiger partial charge in [-0.05, 0) is 24.5 Å². The number of aliphatic hydroxyl groups excluding tert-OH is 1. The van der Waals surface area contributed by atoms with Crippen LogP contribution in [0.2, 0.25) is 0 Å². The van der Waals surface area contributed by atoms with Crippen LogP contribution >= 0.6 is 0 Å². The summed E-state index contributed by atoms with van der Waals surface area (Å²) >= 11 is 0. The zero-order valence-electron chi connectivity index (χ0n) is 15.5. The number of nitrogens with one attached hydrogen (secondary N) is 1. The zero-order chi connectivity index (χ0) is 18.8. The molecule has 0 saturated carbocycles. The molecule has 0 amide bonds. The summed E-state index contributed by atoms with van der Waals surface area (Å²) in [5.74, 6) is 1.53. The van der Waals surface area contributed by atoms with E-state index in [-0.39, 0.29) is 19.0 Å². The van der Waals surface area contributed by atoms with Crippen molar-refractivity contribution in [2.24, 2.45) is 5.92 Å². The van der Waals surface area contributed by atoms with Gasteiger partial charge in [-0.25, -0.2) is 4.98 Å². The highest BCUT2D eigenvalue weighted by atomic mass is 16.5. The van der Waals surface area contributed by atoms with Gasteiger partial charge in [0.15, 0.2) is 5.82 Å². The van der Waals surface area contributed by atoms with Crippen molar-refractivity contribution in [1.82, 2.24) is 15.2 Å². The van der Waals surface area contributed by atoms with Crippen LogP contribution in [0.1, 0.15) is 39.5 Å². The minimum Gasteiger partial charge on any atom is -0.507 e. The standard InChI is InChI=1S/C19H29N3O4/c1-3-5-6-14(4-2)10-25-11-15(23)12-26-16-7-8-17(18(24)9-16)19-20-13-21-22-19/h7-9,13-15,23-24H,3-6,10-12H2,1-2H3,(H,20,21,22). The van der Waals surface area contributed by atoms with Crippen molar-refractivity contribution in [3.63, 3.8) is 0 Å². The number of phenols is 1. The summed E-state index contributed by atoms with van der Waals surface area (Å²) in [5.41, 5.74) is 0.538. The van der Waals surface area contributed by atoms with Crippen LogP contribution in [0, 0.1) is 5.92 Å².